The molecule has 2 rings (SSSR count). The van der Waals surface area contributed by atoms with E-state index in [4.69, 9.17) is 14.2 Å². The smallest absolute Gasteiger partial charge is 0.258 e. The SMILES string of the molecule is COCCNc1ncc(C(=O)Nc2ccc(OC)cc2OC)cn1. The maximum atomic E-state index is 12.3. The van der Waals surface area contributed by atoms with Crippen molar-refractivity contribution >= 4 is 17.5 Å². The molecular formula is C16H20N4O4. The van der Waals surface area contributed by atoms with Gasteiger partial charge in [-0.05, 0) is 12.1 Å². The van der Waals surface area contributed by atoms with Crippen molar-refractivity contribution in [2.45, 2.75) is 0 Å². The van der Waals surface area contributed by atoms with Crippen LogP contribution in [0.2, 0.25) is 0 Å². The number of hydrogen-bond donors (Lipinski definition) is 2. The number of ether oxygens (including phenoxy) is 3. The Balaban J connectivity index is 2.04. The first-order valence-electron chi connectivity index (χ1n) is 7.26. The molecule has 8 nitrogen and oxygen atoms in total. The monoisotopic (exact) mass is 332 g/mol. The molecule has 0 unspecified atom stereocenters. The summed E-state index contributed by atoms with van der Waals surface area (Å²) in [5, 5.41) is 5.74. The number of nitrogens with zero attached hydrogens (tertiary/aromatic N) is 2. The average Bonchev–Trinajstić information content (AvgIpc) is 2.62. The molecule has 0 aliphatic rings. The molecule has 1 aromatic heterocycles. The highest BCUT2D eigenvalue weighted by molar-refractivity contribution is 6.04. The highest BCUT2D eigenvalue weighted by Gasteiger charge is 2.11. The van der Waals surface area contributed by atoms with E-state index in [2.05, 4.69) is 20.6 Å². The Morgan fingerprint density at radius 2 is 1.88 bits per heavy atom. The molecule has 0 radical (unpaired) electrons. The van der Waals surface area contributed by atoms with Gasteiger partial charge in [-0.3, -0.25) is 4.79 Å². The van der Waals surface area contributed by atoms with Crippen LogP contribution in [0.4, 0.5) is 11.6 Å². The highest BCUT2D eigenvalue weighted by Crippen LogP contribution is 2.29. The van der Waals surface area contributed by atoms with E-state index in [-0.39, 0.29) is 5.91 Å². The minimum absolute atomic E-state index is 0.332. The molecule has 0 saturated carbocycles. The van der Waals surface area contributed by atoms with Gasteiger partial charge in [0.1, 0.15) is 11.5 Å². The summed E-state index contributed by atoms with van der Waals surface area (Å²) in [6.07, 6.45) is 2.90. The highest BCUT2D eigenvalue weighted by atomic mass is 16.5. The number of rotatable bonds is 8. The van der Waals surface area contributed by atoms with Crippen LogP contribution in [0.25, 0.3) is 0 Å². The first-order valence-corrected chi connectivity index (χ1v) is 7.26. The van der Waals surface area contributed by atoms with Crippen molar-refractivity contribution in [3.8, 4) is 11.5 Å². The summed E-state index contributed by atoms with van der Waals surface area (Å²) >= 11 is 0. The van der Waals surface area contributed by atoms with Gasteiger partial charge < -0.3 is 24.8 Å². The van der Waals surface area contributed by atoms with Crippen LogP contribution < -0.4 is 20.1 Å². The Morgan fingerprint density at radius 1 is 1.12 bits per heavy atom. The van der Waals surface area contributed by atoms with Crippen LogP contribution in [0.15, 0.2) is 30.6 Å². The zero-order chi connectivity index (χ0) is 17.4. The van der Waals surface area contributed by atoms with E-state index in [1.807, 2.05) is 0 Å². The van der Waals surface area contributed by atoms with E-state index in [1.165, 1.54) is 19.5 Å². The normalized spacial score (nSPS) is 10.1. The van der Waals surface area contributed by atoms with Gasteiger partial charge in [-0.25, -0.2) is 9.97 Å². The van der Waals surface area contributed by atoms with Gasteiger partial charge >= 0.3 is 0 Å². The molecule has 24 heavy (non-hydrogen) atoms. The number of carbonyl (C=O) groups is 1. The van der Waals surface area contributed by atoms with E-state index in [0.29, 0.717) is 41.8 Å². The lowest BCUT2D eigenvalue weighted by molar-refractivity contribution is 0.102. The Hall–Kier alpha value is -2.87. The predicted octanol–water partition coefficient (Wildman–Crippen LogP) is 1.80. The van der Waals surface area contributed by atoms with E-state index in [1.54, 1.807) is 32.4 Å². The fourth-order valence-electron chi connectivity index (χ4n) is 1.90. The van der Waals surface area contributed by atoms with Crippen molar-refractivity contribution in [3.05, 3.63) is 36.2 Å². The van der Waals surface area contributed by atoms with Crippen molar-refractivity contribution in [1.82, 2.24) is 9.97 Å². The second kappa shape index (κ2) is 8.68. The molecule has 1 aromatic carbocycles. The van der Waals surface area contributed by atoms with Crippen LogP contribution in [0.1, 0.15) is 10.4 Å². The number of anilines is 2. The van der Waals surface area contributed by atoms with Gasteiger partial charge in [0, 0.05) is 32.1 Å². The van der Waals surface area contributed by atoms with Crippen LogP contribution in [-0.4, -0.2) is 50.4 Å². The number of benzene rings is 1. The largest absolute Gasteiger partial charge is 0.497 e. The molecule has 0 aliphatic carbocycles. The maximum absolute atomic E-state index is 12.3. The fraction of sp³-hybridized carbons (Fsp3) is 0.312. The minimum Gasteiger partial charge on any atom is -0.497 e. The van der Waals surface area contributed by atoms with Crippen molar-refractivity contribution in [3.63, 3.8) is 0 Å². The zero-order valence-electron chi connectivity index (χ0n) is 13.8. The van der Waals surface area contributed by atoms with Crippen LogP contribution in [0, 0.1) is 0 Å². The van der Waals surface area contributed by atoms with Crippen molar-refractivity contribution < 1.29 is 19.0 Å². The number of methoxy groups -OCH3 is 3. The third kappa shape index (κ3) is 4.56. The number of amides is 1. The fourth-order valence-corrected chi connectivity index (χ4v) is 1.90. The summed E-state index contributed by atoms with van der Waals surface area (Å²) < 4.78 is 15.3. The maximum Gasteiger partial charge on any atom is 0.258 e. The van der Waals surface area contributed by atoms with Crippen LogP contribution in [-0.2, 0) is 4.74 Å². The first kappa shape index (κ1) is 17.5. The van der Waals surface area contributed by atoms with E-state index < -0.39 is 0 Å². The number of carbonyl (C=O) groups excluding carboxylic acids is 1. The Labute approximate surface area is 140 Å². The molecule has 1 amide bonds. The standard InChI is InChI=1S/C16H20N4O4/c1-22-7-6-17-16-18-9-11(10-19-16)15(21)20-13-5-4-12(23-2)8-14(13)24-3/h4-5,8-10H,6-7H2,1-3H3,(H,20,21)(H,17,18,19). The van der Waals surface area contributed by atoms with Crippen LogP contribution in [0.5, 0.6) is 11.5 Å². The molecule has 0 atom stereocenters. The minimum atomic E-state index is -0.332. The molecule has 1 heterocycles. The lowest BCUT2D eigenvalue weighted by Crippen LogP contribution is -2.15. The summed E-state index contributed by atoms with van der Waals surface area (Å²) in [6, 6.07) is 5.13. The van der Waals surface area contributed by atoms with Gasteiger partial charge in [0.2, 0.25) is 5.95 Å². The number of hydrogen-bond acceptors (Lipinski definition) is 7. The topological polar surface area (TPSA) is 94.6 Å². The van der Waals surface area contributed by atoms with Gasteiger partial charge in [0.05, 0.1) is 32.1 Å². The predicted molar refractivity (Wildman–Crippen MR) is 89.9 cm³/mol. The third-order valence-electron chi connectivity index (χ3n) is 3.16. The summed E-state index contributed by atoms with van der Waals surface area (Å²) in [6.45, 7) is 1.13. The number of nitrogens with one attached hydrogen (secondary N) is 2. The van der Waals surface area contributed by atoms with E-state index in [9.17, 15) is 4.79 Å². The molecular weight excluding hydrogens is 312 g/mol. The van der Waals surface area contributed by atoms with Crippen molar-refractivity contribution in [2.75, 3.05) is 45.1 Å². The molecule has 2 aromatic rings. The molecule has 8 heteroatoms. The molecule has 128 valence electrons. The third-order valence-corrected chi connectivity index (χ3v) is 3.16. The van der Waals surface area contributed by atoms with Crippen molar-refractivity contribution in [1.29, 1.82) is 0 Å². The Kier molecular flexibility index (Phi) is 6.32. The Bertz CT molecular complexity index is 676. The first-order chi connectivity index (χ1) is 11.7. The lowest BCUT2D eigenvalue weighted by atomic mass is 10.2. The average molecular weight is 332 g/mol. The van der Waals surface area contributed by atoms with E-state index >= 15 is 0 Å². The molecule has 0 spiro atoms. The van der Waals surface area contributed by atoms with Crippen molar-refractivity contribution in [2.24, 2.45) is 0 Å². The second-order valence-electron chi connectivity index (χ2n) is 4.74. The van der Waals surface area contributed by atoms with Crippen LogP contribution >= 0.6 is 0 Å². The molecule has 0 bridgehead atoms. The van der Waals surface area contributed by atoms with Gasteiger partial charge in [-0.2, -0.15) is 0 Å². The van der Waals surface area contributed by atoms with Crippen LogP contribution in [0.3, 0.4) is 0 Å². The quantitative estimate of drug-likeness (QED) is 0.712. The Morgan fingerprint density at radius 3 is 2.50 bits per heavy atom. The van der Waals surface area contributed by atoms with Gasteiger partial charge in [0.15, 0.2) is 0 Å². The second-order valence-corrected chi connectivity index (χ2v) is 4.74. The summed E-state index contributed by atoms with van der Waals surface area (Å²) in [5.41, 5.74) is 0.871. The lowest BCUT2D eigenvalue weighted by Gasteiger charge is -2.11. The molecule has 0 saturated heterocycles. The van der Waals surface area contributed by atoms with Gasteiger partial charge in [0.25, 0.3) is 5.91 Å². The molecule has 0 fully saturated rings. The summed E-state index contributed by atoms with van der Waals surface area (Å²) in [5.74, 6) is 1.24. The van der Waals surface area contributed by atoms with E-state index in [0.717, 1.165) is 0 Å². The number of aromatic nitrogens is 2. The van der Waals surface area contributed by atoms with Gasteiger partial charge in [-0.1, -0.05) is 0 Å². The zero-order valence-corrected chi connectivity index (χ0v) is 13.8. The summed E-state index contributed by atoms with van der Waals surface area (Å²) in [4.78, 5) is 20.5. The molecule has 0 aliphatic heterocycles. The summed E-state index contributed by atoms with van der Waals surface area (Å²) in [7, 11) is 4.70. The van der Waals surface area contributed by atoms with Gasteiger partial charge in [-0.15, -0.1) is 0 Å². The molecule has 2 N–H and O–H groups in total.